The van der Waals surface area contributed by atoms with Crippen LogP contribution in [0.3, 0.4) is 0 Å². The minimum absolute atomic E-state index is 0.0674. The molecule has 2 aromatic rings. The van der Waals surface area contributed by atoms with Gasteiger partial charge in [-0.25, -0.2) is 4.79 Å². The fourth-order valence-electron chi connectivity index (χ4n) is 6.49. The standard InChI is InChI=1S/C32H45N5O3/c38-31(27-12-5-7-14-29(27)36-32(39)34-16-8-18-37-19-21-40-22-20-37)33-17-15-26-23-25-11-4-6-13-28(25)35-30(26)24-9-2-1-3-10-24/h1-4,6,9-11,13,26-27,29-30,35H,5,7-8,12,14-23H2,(H,33,38)(H2,34,36,39)/t26-,27-,29+,30-/m0/s1. The Morgan fingerprint density at radius 2 is 1.70 bits per heavy atom. The van der Waals surface area contributed by atoms with Gasteiger partial charge in [-0.2, -0.15) is 0 Å². The SMILES string of the molecule is O=C(NCCCN1CCOCC1)N[C@@H]1CCCC[C@@H]1C(=O)NCC[C@H]1Cc2ccccc2N[C@H]1c1ccccc1. The van der Waals surface area contributed by atoms with Gasteiger partial charge in [0.1, 0.15) is 0 Å². The molecule has 0 aromatic heterocycles. The van der Waals surface area contributed by atoms with Crippen molar-refractivity contribution in [1.82, 2.24) is 20.9 Å². The highest BCUT2D eigenvalue weighted by atomic mass is 16.5. The zero-order valence-electron chi connectivity index (χ0n) is 23.6. The number of carbonyl (C=O) groups excluding carboxylic acids is 2. The highest BCUT2D eigenvalue weighted by molar-refractivity contribution is 5.81. The Morgan fingerprint density at radius 3 is 2.55 bits per heavy atom. The molecule has 8 heteroatoms. The van der Waals surface area contributed by atoms with Crippen LogP contribution in [0.5, 0.6) is 0 Å². The van der Waals surface area contributed by atoms with Gasteiger partial charge in [0.25, 0.3) is 0 Å². The summed E-state index contributed by atoms with van der Waals surface area (Å²) in [6.07, 6.45) is 6.51. The van der Waals surface area contributed by atoms with E-state index in [0.29, 0.717) is 19.0 Å². The molecule has 5 rings (SSSR count). The molecule has 4 N–H and O–H groups in total. The van der Waals surface area contributed by atoms with Crippen LogP contribution < -0.4 is 21.3 Å². The summed E-state index contributed by atoms with van der Waals surface area (Å²) < 4.78 is 5.39. The minimum atomic E-state index is -0.178. The summed E-state index contributed by atoms with van der Waals surface area (Å²) in [6.45, 7) is 5.73. The van der Waals surface area contributed by atoms with Crippen LogP contribution in [0.2, 0.25) is 0 Å². The minimum Gasteiger partial charge on any atom is -0.379 e. The van der Waals surface area contributed by atoms with Gasteiger partial charge in [0.05, 0.1) is 25.2 Å². The van der Waals surface area contributed by atoms with Crippen molar-refractivity contribution in [2.75, 3.05) is 51.3 Å². The number of nitrogens with one attached hydrogen (secondary N) is 4. The van der Waals surface area contributed by atoms with E-state index in [1.54, 1.807) is 0 Å². The number of benzene rings is 2. The molecule has 0 unspecified atom stereocenters. The Hall–Kier alpha value is -3.10. The molecule has 1 saturated heterocycles. The lowest BCUT2D eigenvalue weighted by Crippen LogP contribution is -2.51. The second-order valence-corrected chi connectivity index (χ2v) is 11.4. The Labute approximate surface area is 238 Å². The first-order chi connectivity index (χ1) is 19.7. The van der Waals surface area contributed by atoms with E-state index in [0.717, 1.165) is 77.8 Å². The van der Waals surface area contributed by atoms with Crippen molar-refractivity contribution in [2.45, 2.75) is 57.0 Å². The Bertz CT molecular complexity index is 1090. The molecule has 0 bridgehead atoms. The highest BCUT2D eigenvalue weighted by Crippen LogP contribution is 2.38. The number of nitrogens with zero attached hydrogens (tertiary/aromatic N) is 1. The van der Waals surface area contributed by atoms with Gasteiger partial charge < -0.3 is 26.0 Å². The number of hydrogen-bond acceptors (Lipinski definition) is 5. The zero-order chi connectivity index (χ0) is 27.6. The molecule has 3 aliphatic rings. The molecule has 2 aliphatic heterocycles. The van der Waals surface area contributed by atoms with Crippen LogP contribution in [0, 0.1) is 11.8 Å². The van der Waals surface area contributed by atoms with Gasteiger partial charge in [0, 0.05) is 37.9 Å². The van der Waals surface area contributed by atoms with Crippen molar-refractivity contribution in [3.05, 3.63) is 65.7 Å². The average molecular weight is 548 g/mol. The molecule has 2 fully saturated rings. The number of rotatable bonds is 10. The quantitative estimate of drug-likeness (QED) is 0.336. The summed E-state index contributed by atoms with van der Waals surface area (Å²) in [6, 6.07) is 19.1. The summed E-state index contributed by atoms with van der Waals surface area (Å²) in [5.41, 5.74) is 3.81. The predicted octanol–water partition coefficient (Wildman–Crippen LogP) is 4.10. The first kappa shape index (κ1) is 28.4. The summed E-state index contributed by atoms with van der Waals surface area (Å²) >= 11 is 0. The van der Waals surface area contributed by atoms with Crippen LogP contribution in [-0.2, 0) is 16.0 Å². The molecule has 1 aliphatic carbocycles. The third kappa shape index (κ3) is 7.76. The second kappa shape index (κ2) is 14.5. The highest BCUT2D eigenvalue weighted by Gasteiger charge is 2.33. The molecule has 1 saturated carbocycles. The van der Waals surface area contributed by atoms with E-state index in [2.05, 4.69) is 80.8 Å². The maximum absolute atomic E-state index is 13.3. The Morgan fingerprint density at radius 1 is 0.925 bits per heavy atom. The molecule has 0 radical (unpaired) electrons. The van der Waals surface area contributed by atoms with E-state index >= 15 is 0 Å². The molecular formula is C32H45N5O3. The number of urea groups is 1. The number of hydrogen-bond donors (Lipinski definition) is 4. The molecule has 4 atom stereocenters. The van der Waals surface area contributed by atoms with E-state index in [1.807, 2.05) is 0 Å². The summed E-state index contributed by atoms with van der Waals surface area (Å²) in [5.74, 6) is 0.266. The molecule has 0 spiro atoms. The van der Waals surface area contributed by atoms with Crippen LogP contribution >= 0.6 is 0 Å². The topological polar surface area (TPSA) is 94.7 Å². The smallest absolute Gasteiger partial charge is 0.315 e. The first-order valence-electron chi connectivity index (χ1n) is 15.2. The fourth-order valence-corrected chi connectivity index (χ4v) is 6.49. The largest absolute Gasteiger partial charge is 0.379 e. The van der Waals surface area contributed by atoms with Crippen LogP contribution in [0.25, 0.3) is 0 Å². The summed E-state index contributed by atoms with van der Waals surface area (Å²) in [4.78, 5) is 28.3. The van der Waals surface area contributed by atoms with E-state index in [1.165, 1.54) is 16.8 Å². The van der Waals surface area contributed by atoms with Gasteiger partial charge in [0.15, 0.2) is 0 Å². The van der Waals surface area contributed by atoms with Gasteiger partial charge in [-0.15, -0.1) is 0 Å². The molecule has 40 heavy (non-hydrogen) atoms. The van der Waals surface area contributed by atoms with Crippen molar-refractivity contribution < 1.29 is 14.3 Å². The number of carbonyl (C=O) groups is 2. The number of morpholine rings is 1. The lowest BCUT2D eigenvalue weighted by molar-refractivity contribution is -0.126. The molecular weight excluding hydrogens is 502 g/mol. The molecule has 2 aromatic carbocycles. The number of para-hydroxylation sites is 1. The molecule has 8 nitrogen and oxygen atoms in total. The number of amides is 3. The van der Waals surface area contributed by atoms with E-state index < -0.39 is 0 Å². The molecule has 216 valence electrons. The summed E-state index contributed by atoms with van der Waals surface area (Å²) in [5, 5.41) is 13.1. The first-order valence-corrected chi connectivity index (χ1v) is 15.2. The van der Waals surface area contributed by atoms with Crippen LogP contribution in [0.1, 0.15) is 55.7 Å². The van der Waals surface area contributed by atoms with Gasteiger partial charge in [-0.3, -0.25) is 9.69 Å². The third-order valence-electron chi connectivity index (χ3n) is 8.71. The van der Waals surface area contributed by atoms with E-state index in [-0.39, 0.29) is 29.9 Å². The van der Waals surface area contributed by atoms with Gasteiger partial charge in [0.2, 0.25) is 5.91 Å². The normalized spacial score (nSPS) is 24.8. The lowest BCUT2D eigenvalue weighted by Gasteiger charge is -2.36. The fraction of sp³-hybridized carbons (Fsp3) is 0.562. The number of ether oxygens (including phenoxy) is 1. The van der Waals surface area contributed by atoms with Crippen molar-refractivity contribution >= 4 is 17.6 Å². The third-order valence-corrected chi connectivity index (χ3v) is 8.71. The second-order valence-electron chi connectivity index (χ2n) is 11.4. The maximum atomic E-state index is 13.3. The molecule has 2 heterocycles. The van der Waals surface area contributed by atoms with Crippen LogP contribution in [0.4, 0.5) is 10.5 Å². The van der Waals surface area contributed by atoms with E-state index in [4.69, 9.17) is 4.74 Å². The van der Waals surface area contributed by atoms with Crippen molar-refractivity contribution in [1.29, 1.82) is 0 Å². The van der Waals surface area contributed by atoms with Gasteiger partial charge >= 0.3 is 6.03 Å². The number of anilines is 1. The van der Waals surface area contributed by atoms with Crippen molar-refractivity contribution in [2.24, 2.45) is 11.8 Å². The van der Waals surface area contributed by atoms with Gasteiger partial charge in [-0.05, 0) is 61.8 Å². The maximum Gasteiger partial charge on any atom is 0.315 e. The molecule has 3 amide bonds. The summed E-state index contributed by atoms with van der Waals surface area (Å²) in [7, 11) is 0. The zero-order valence-corrected chi connectivity index (χ0v) is 23.6. The monoisotopic (exact) mass is 547 g/mol. The number of fused-ring (bicyclic) bond motifs is 1. The van der Waals surface area contributed by atoms with E-state index in [9.17, 15) is 9.59 Å². The Balaban J connectivity index is 1.09. The average Bonchev–Trinajstić information content (AvgIpc) is 3.00. The lowest BCUT2D eigenvalue weighted by atomic mass is 9.81. The van der Waals surface area contributed by atoms with Crippen LogP contribution in [0.15, 0.2) is 54.6 Å². The van der Waals surface area contributed by atoms with Gasteiger partial charge in [-0.1, -0.05) is 61.4 Å². The predicted molar refractivity (Wildman–Crippen MR) is 158 cm³/mol. The van der Waals surface area contributed by atoms with Crippen molar-refractivity contribution in [3.63, 3.8) is 0 Å². The Kier molecular flexibility index (Phi) is 10.3. The van der Waals surface area contributed by atoms with Crippen molar-refractivity contribution in [3.8, 4) is 0 Å². The van der Waals surface area contributed by atoms with Crippen LogP contribution in [-0.4, -0.2) is 68.8 Å².